The van der Waals surface area contributed by atoms with E-state index in [9.17, 15) is 0 Å². The highest BCUT2D eigenvalue weighted by Gasteiger charge is 2.07. The molecule has 0 aliphatic carbocycles. The molecule has 144 valence electrons. The van der Waals surface area contributed by atoms with Crippen molar-refractivity contribution in [1.29, 1.82) is 0 Å². The summed E-state index contributed by atoms with van der Waals surface area (Å²) in [7, 11) is 1.71. The van der Waals surface area contributed by atoms with Gasteiger partial charge in [0, 0.05) is 0 Å². The van der Waals surface area contributed by atoms with Crippen LogP contribution in [0.15, 0.2) is 91.0 Å². The van der Waals surface area contributed by atoms with Crippen LogP contribution in [0.25, 0.3) is 22.3 Å². The van der Waals surface area contributed by atoms with Gasteiger partial charge in [0.1, 0.15) is 5.75 Å². The molecule has 0 unspecified atom stereocenters. The van der Waals surface area contributed by atoms with Crippen LogP contribution in [0.5, 0.6) is 5.75 Å². The molecule has 0 atom stereocenters. The molecule has 0 aromatic heterocycles. The Morgan fingerprint density at radius 1 is 0.586 bits per heavy atom. The maximum atomic E-state index is 5.35. The van der Waals surface area contributed by atoms with Crippen molar-refractivity contribution in [2.75, 3.05) is 7.11 Å². The van der Waals surface area contributed by atoms with Gasteiger partial charge in [-0.15, -0.1) is 0 Å². The molecule has 4 aromatic carbocycles. The molecule has 0 aliphatic rings. The number of ether oxygens (including phenoxy) is 1. The van der Waals surface area contributed by atoms with Gasteiger partial charge in [-0.25, -0.2) is 0 Å². The largest absolute Gasteiger partial charge is 0.497 e. The summed E-state index contributed by atoms with van der Waals surface area (Å²) in [6.45, 7) is 4.32. The van der Waals surface area contributed by atoms with Crippen molar-refractivity contribution in [2.24, 2.45) is 0 Å². The first-order valence-electron chi connectivity index (χ1n) is 10.0. The van der Waals surface area contributed by atoms with Crippen LogP contribution < -0.4 is 4.74 Å². The Bertz CT molecular complexity index is 1130. The summed E-state index contributed by atoms with van der Waals surface area (Å²) < 4.78 is 5.35. The fraction of sp³-hybridized carbons (Fsp3) is 0.143. The summed E-state index contributed by atoms with van der Waals surface area (Å²) in [4.78, 5) is 0. The second kappa shape index (κ2) is 8.36. The van der Waals surface area contributed by atoms with Crippen LogP contribution in [0.1, 0.15) is 22.3 Å². The monoisotopic (exact) mass is 378 g/mol. The smallest absolute Gasteiger partial charge is 0.119 e. The lowest BCUT2D eigenvalue weighted by atomic mass is 9.93. The lowest BCUT2D eigenvalue weighted by Crippen LogP contribution is -1.93. The van der Waals surface area contributed by atoms with Gasteiger partial charge >= 0.3 is 0 Å². The van der Waals surface area contributed by atoms with Crippen molar-refractivity contribution < 1.29 is 4.74 Å². The molecule has 0 amide bonds. The fourth-order valence-electron chi connectivity index (χ4n) is 3.88. The fourth-order valence-corrected chi connectivity index (χ4v) is 3.88. The van der Waals surface area contributed by atoms with Crippen molar-refractivity contribution in [3.05, 3.63) is 113 Å². The Morgan fingerprint density at radius 2 is 1.34 bits per heavy atom. The van der Waals surface area contributed by atoms with Crippen LogP contribution in [-0.4, -0.2) is 7.11 Å². The van der Waals surface area contributed by atoms with Gasteiger partial charge in [0.25, 0.3) is 0 Å². The molecular formula is C28H26O. The van der Waals surface area contributed by atoms with Crippen LogP contribution in [0.4, 0.5) is 0 Å². The van der Waals surface area contributed by atoms with Gasteiger partial charge in [-0.1, -0.05) is 78.9 Å². The van der Waals surface area contributed by atoms with E-state index in [1.807, 2.05) is 6.07 Å². The minimum atomic E-state index is 0.899. The summed E-state index contributed by atoms with van der Waals surface area (Å²) >= 11 is 0. The molecule has 0 aliphatic heterocycles. The van der Waals surface area contributed by atoms with Gasteiger partial charge in [-0.3, -0.25) is 0 Å². The molecule has 0 radical (unpaired) electrons. The van der Waals surface area contributed by atoms with Crippen molar-refractivity contribution in [1.82, 2.24) is 0 Å². The molecule has 0 heterocycles. The molecule has 0 fully saturated rings. The second-order valence-electron chi connectivity index (χ2n) is 7.57. The summed E-state index contributed by atoms with van der Waals surface area (Å²) in [5.74, 6) is 0.899. The predicted octanol–water partition coefficient (Wildman–Crippen LogP) is 7.24. The highest BCUT2D eigenvalue weighted by atomic mass is 16.5. The molecule has 0 bridgehead atoms. The van der Waals surface area contributed by atoms with E-state index in [1.54, 1.807) is 7.11 Å². The second-order valence-corrected chi connectivity index (χ2v) is 7.57. The molecule has 0 spiro atoms. The molecule has 29 heavy (non-hydrogen) atoms. The van der Waals surface area contributed by atoms with E-state index in [-0.39, 0.29) is 0 Å². The van der Waals surface area contributed by atoms with Gasteiger partial charge in [0.15, 0.2) is 0 Å². The maximum absolute atomic E-state index is 5.35. The summed E-state index contributed by atoms with van der Waals surface area (Å²) in [5.41, 5.74) is 10.3. The lowest BCUT2D eigenvalue weighted by Gasteiger charge is -2.12. The normalized spacial score (nSPS) is 10.7. The van der Waals surface area contributed by atoms with Crippen LogP contribution in [0, 0.1) is 13.8 Å². The van der Waals surface area contributed by atoms with Crippen LogP contribution in [0.3, 0.4) is 0 Å². The zero-order valence-electron chi connectivity index (χ0n) is 17.3. The molecular weight excluding hydrogens is 352 g/mol. The number of benzene rings is 4. The van der Waals surface area contributed by atoms with E-state index in [0.717, 1.165) is 12.2 Å². The van der Waals surface area contributed by atoms with Crippen molar-refractivity contribution >= 4 is 0 Å². The number of rotatable bonds is 5. The summed E-state index contributed by atoms with van der Waals surface area (Å²) in [5, 5.41) is 0. The van der Waals surface area contributed by atoms with Crippen molar-refractivity contribution in [3.63, 3.8) is 0 Å². The molecule has 1 nitrogen and oxygen atoms in total. The van der Waals surface area contributed by atoms with Gasteiger partial charge < -0.3 is 4.74 Å². The maximum Gasteiger partial charge on any atom is 0.119 e. The van der Waals surface area contributed by atoms with Crippen LogP contribution >= 0.6 is 0 Å². The first-order chi connectivity index (χ1) is 14.1. The van der Waals surface area contributed by atoms with Gasteiger partial charge in [0.2, 0.25) is 0 Å². The number of hydrogen-bond acceptors (Lipinski definition) is 1. The predicted molar refractivity (Wildman–Crippen MR) is 123 cm³/mol. The van der Waals surface area contributed by atoms with Crippen molar-refractivity contribution in [2.45, 2.75) is 20.3 Å². The van der Waals surface area contributed by atoms with E-state index in [4.69, 9.17) is 4.74 Å². The van der Waals surface area contributed by atoms with Gasteiger partial charge in [-0.05, 0) is 76.9 Å². The highest BCUT2D eigenvalue weighted by Crippen LogP contribution is 2.29. The number of methoxy groups -OCH3 is 1. The topological polar surface area (TPSA) is 9.23 Å². The lowest BCUT2D eigenvalue weighted by molar-refractivity contribution is 0.414. The standard InChI is InChI=1S/C28H26O/c1-20-12-13-23(19-28(20)24-9-5-4-6-10-24)17-22-8-7-11-25(18-22)27-15-14-26(29-3)16-21(27)2/h4-16,18-19H,17H2,1-3H3. The number of aryl methyl sites for hydroxylation is 2. The molecule has 4 aromatic rings. The van der Waals surface area contributed by atoms with Crippen LogP contribution in [0.2, 0.25) is 0 Å². The number of hydrogen-bond donors (Lipinski definition) is 0. The van der Waals surface area contributed by atoms with E-state index in [2.05, 4.69) is 98.8 Å². The van der Waals surface area contributed by atoms with E-state index < -0.39 is 0 Å². The SMILES string of the molecule is COc1ccc(-c2cccc(Cc3ccc(C)c(-c4ccccc4)c3)c2)c(C)c1. The minimum absolute atomic E-state index is 0.899. The highest BCUT2D eigenvalue weighted by molar-refractivity contribution is 5.70. The molecule has 1 heteroatoms. The third kappa shape index (κ3) is 4.25. The molecule has 0 saturated carbocycles. The summed E-state index contributed by atoms with van der Waals surface area (Å²) in [6.07, 6.45) is 0.920. The molecule has 0 N–H and O–H groups in total. The Kier molecular flexibility index (Phi) is 5.48. The van der Waals surface area contributed by atoms with E-state index in [0.29, 0.717) is 0 Å². The quantitative estimate of drug-likeness (QED) is 0.356. The van der Waals surface area contributed by atoms with Gasteiger partial charge in [-0.2, -0.15) is 0 Å². The Morgan fingerprint density at radius 3 is 2.10 bits per heavy atom. The Balaban J connectivity index is 1.64. The zero-order chi connectivity index (χ0) is 20.2. The minimum Gasteiger partial charge on any atom is -0.497 e. The Labute approximate surface area is 173 Å². The third-order valence-corrected chi connectivity index (χ3v) is 5.47. The average Bonchev–Trinajstić information content (AvgIpc) is 2.76. The first-order valence-corrected chi connectivity index (χ1v) is 10.0. The summed E-state index contributed by atoms with van der Waals surface area (Å²) in [6, 6.07) is 32.5. The van der Waals surface area contributed by atoms with Gasteiger partial charge in [0.05, 0.1) is 7.11 Å². The van der Waals surface area contributed by atoms with E-state index >= 15 is 0 Å². The average molecular weight is 379 g/mol. The molecule has 4 rings (SSSR count). The van der Waals surface area contributed by atoms with Crippen molar-refractivity contribution in [3.8, 4) is 28.0 Å². The van der Waals surface area contributed by atoms with Crippen LogP contribution in [-0.2, 0) is 6.42 Å². The van der Waals surface area contributed by atoms with E-state index in [1.165, 1.54) is 44.5 Å². The molecule has 0 saturated heterocycles. The Hall–Kier alpha value is -3.32. The first kappa shape index (κ1) is 19.0. The third-order valence-electron chi connectivity index (χ3n) is 5.47. The zero-order valence-corrected chi connectivity index (χ0v) is 17.3.